The van der Waals surface area contributed by atoms with E-state index >= 15 is 0 Å². The summed E-state index contributed by atoms with van der Waals surface area (Å²) in [5.74, 6) is 1.62. The van der Waals surface area contributed by atoms with E-state index in [-0.39, 0.29) is 0 Å². The minimum atomic E-state index is -1.57. The normalized spacial score (nSPS) is 11.2. The monoisotopic (exact) mass is 459 g/mol. The first-order valence-corrected chi connectivity index (χ1v) is 11.7. The van der Waals surface area contributed by atoms with Crippen LogP contribution in [0.2, 0.25) is 0 Å². The Balaban J connectivity index is 1.61. The van der Waals surface area contributed by atoms with Crippen molar-refractivity contribution in [3.8, 4) is 34.2 Å². The number of benzene rings is 4. The lowest BCUT2D eigenvalue weighted by atomic mass is 9.79. The number of nitrogens with zero attached hydrogens (tertiary/aromatic N) is 3. The van der Waals surface area contributed by atoms with Crippen LogP contribution in [0, 0.1) is 0 Å². The first-order valence-electron chi connectivity index (χ1n) is 10.9. The predicted molar refractivity (Wildman–Crippen MR) is 139 cm³/mol. The van der Waals surface area contributed by atoms with Gasteiger partial charge in [-0.2, -0.15) is 0 Å². The van der Waals surface area contributed by atoms with Gasteiger partial charge in [-0.3, -0.25) is 0 Å². The van der Waals surface area contributed by atoms with E-state index in [0.717, 1.165) is 15.8 Å². The molecule has 6 aromatic rings. The zero-order chi connectivity index (χ0) is 23.1. The lowest BCUT2D eigenvalue weighted by Crippen LogP contribution is -2.29. The number of aromatic nitrogens is 3. The fraction of sp³-hybridized carbons (Fsp3) is 0. The summed E-state index contributed by atoms with van der Waals surface area (Å²) in [5.41, 5.74) is 2.90. The SMILES string of the molecule is OB(O)c1cccc(-c2nc(-c3ccccc3)nc(-c3cccc4c3sc3ccccc34)n2)c1. The molecule has 0 saturated carbocycles. The molecule has 2 N–H and O–H groups in total. The molecule has 2 aromatic heterocycles. The molecule has 0 unspecified atom stereocenters. The molecule has 0 aliphatic heterocycles. The third-order valence-electron chi connectivity index (χ3n) is 5.76. The van der Waals surface area contributed by atoms with E-state index < -0.39 is 7.12 Å². The molecule has 0 bridgehead atoms. The molecule has 0 fully saturated rings. The molecule has 0 aliphatic rings. The highest BCUT2D eigenvalue weighted by Crippen LogP contribution is 2.39. The Bertz CT molecular complexity index is 1650. The number of hydrogen-bond donors (Lipinski definition) is 2. The van der Waals surface area contributed by atoms with Crippen LogP contribution in [0.3, 0.4) is 0 Å². The molecular weight excluding hydrogens is 441 g/mol. The largest absolute Gasteiger partial charge is 0.488 e. The molecule has 5 nitrogen and oxygen atoms in total. The fourth-order valence-corrected chi connectivity index (χ4v) is 5.32. The van der Waals surface area contributed by atoms with Crippen LogP contribution in [0.15, 0.2) is 97.1 Å². The number of thiophene rings is 1. The third-order valence-corrected chi connectivity index (χ3v) is 6.98. The maximum Gasteiger partial charge on any atom is 0.488 e. The maximum absolute atomic E-state index is 9.65. The van der Waals surface area contributed by atoms with Crippen LogP contribution in [-0.4, -0.2) is 32.1 Å². The van der Waals surface area contributed by atoms with Crippen molar-refractivity contribution in [3.05, 3.63) is 97.1 Å². The van der Waals surface area contributed by atoms with Gasteiger partial charge in [0.05, 0.1) is 0 Å². The standard InChI is InChI=1S/C27H18BN3O2S/c32-28(33)19-11-6-10-18(16-19)26-29-25(17-8-2-1-3-9-17)30-27(31-26)22-14-7-13-21-20-12-4-5-15-23(20)34-24(21)22/h1-16,32-33H. The minimum Gasteiger partial charge on any atom is -0.423 e. The second kappa shape index (κ2) is 8.46. The fourth-order valence-electron chi connectivity index (χ4n) is 4.10. The Hall–Kier alpha value is -3.91. The summed E-state index contributed by atoms with van der Waals surface area (Å²) >= 11 is 1.73. The Morgan fingerprint density at radius 3 is 2.06 bits per heavy atom. The molecule has 0 radical (unpaired) electrons. The van der Waals surface area contributed by atoms with Crippen LogP contribution in [0.25, 0.3) is 54.3 Å². The molecule has 6 rings (SSSR count). The molecule has 2 heterocycles. The summed E-state index contributed by atoms with van der Waals surface area (Å²) < 4.78 is 2.34. The average molecular weight is 459 g/mol. The molecule has 0 atom stereocenters. The van der Waals surface area contributed by atoms with E-state index in [1.54, 1.807) is 29.5 Å². The first kappa shape index (κ1) is 20.7. The van der Waals surface area contributed by atoms with Gasteiger partial charge in [-0.05, 0) is 17.6 Å². The highest BCUT2D eigenvalue weighted by molar-refractivity contribution is 7.26. The molecule has 162 valence electrons. The number of hydrogen-bond acceptors (Lipinski definition) is 6. The summed E-state index contributed by atoms with van der Waals surface area (Å²) in [6.07, 6.45) is 0. The van der Waals surface area contributed by atoms with Gasteiger partial charge in [0.2, 0.25) is 0 Å². The van der Waals surface area contributed by atoms with E-state index in [9.17, 15) is 10.0 Å². The Morgan fingerprint density at radius 2 is 1.24 bits per heavy atom. The predicted octanol–water partition coefficient (Wildman–Crippen LogP) is 4.92. The molecule has 0 spiro atoms. The van der Waals surface area contributed by atoms with Crippen LogP contribution in [-0.2, 0) is 0 Å². The topological polar surface area (TPSA) is 79.1 Å². The van der Waals surface area contributed by atoms with Gasteiger partial charge in [-0.1, -0.05) is 84.9 Å². The highest BCUT2D eigenvalue weighted by Gasteiger charge is 2.17. The van der Waals surface area contributed by atoms with E-state index in [2.05, 4.69) is 30.3 Å². The zero-order valence-electron chi connectivity index (χ0n) is 18.0. The van der Waals surface area contributed by atoms with Crippen molar-refractivity contribution in [2.45, 2.75) is 0 Å². The lowest BCUT2D eigenvalue weighted by Gasteiger charge is -2.10. The Kier molecular flexibility index (Phi) is 5.15. The van der Waals surface area contributed by atoms with E-state index in [4.69, 9.17) is 15.0 Å². The Morgan fingerprint density at radius 1 is 0.588 bits per heavy atom. The van der Waals surface area contributed by atoms with Crippen molar-refractivity contribution in [3.63, 3.8) is 0 Å². The van der Waals surface area contributed by atoms with Crippen LogP contribution in [0.5, 0.6) is 0 Å². The van der Waals surface area contributed by atoms with Crippen molar-refractivity contribution < 1.29 is 10.0 Å². The summed E-state index contributed by atoms with van der Waals surface area (Å²) in [4.78, 5) is 14.4. The maximum atomic E-state index is 9.65. The second-order valence-electron chi connectivity index (χ2n) is 7.95. The average Bonchev–Trinajstić information content (AvgIpc) is 3.28. The van der Waals surface area contributed by atoms with Gasteiger partial charge in [0.1, 0.15) is 0 Å². The highest BCUT2D eigenvalue weighted by atomic mass is 32.1. The van der Waals surface area contributed by atoms with Gasteiger partial charge in [0.25, 0.3) is 0 Å². The van der Waals surface area contributed by atoms with Crippen molar-refractivity contribution in [2.24, 2.45) is 0 Å². The third kappa shape index (κ3) is 3.66. The van der Waals surface area contributed by atoms with Crippen LogP contribution in [0.4, 0.5) is 0 Å². The van der Waals surface area contributed by atoms with Crippen LogP contribution < -0.4 is 5.46 Å². The Labute approximate surface area is 200 Å². The first-order chi connectivity index (χ1) is 16.7. The van der Waals surface area contributed by atoms with Gasteiger partial charge >= 0.3 is 7.12 Å². The van der Waals surface area contributed by atoms with E-state index in [1.807, 2.05) is 48.5 Å². The number of fused-ring (bicyclic) bond motifs is 3. The summed E-state index contributed by atoms with van der Waals surface area (Å²) in [5, 5.41) is 21.7. The molecule has 0 saturated heterocycles. The van der Waals surface area contributed by atoms with Gasteiger partial charge in [0.15, 0.2) is 17.5 Å². The zero-order valence-corrected chi connectivity index (χ0v) is 18.8. The summed E-state index contributed by atoms with van der Waals surface area (Å²) in [7, 11) is -1.57. The van der Waals surface area contributed by atoms with Gasteiger partial charge in [-0.15, -0.1) is 11.3 Å². The quantitative estimate of drug-likeness (QED) is 0.366. The van der Waals surface area contributed by atoms with Crippen LogP contribution in [0.1, 0.15) is 0 Å². The van der Waals surface area contributed by atoms with E-state index in [1.165, 1.54) is 15.5 Å². The molecule has 0 amide bonds. The summed E-state index contributed by atoms with van der Waals surface area (Å²) in [6.45, 7) is 0. The smallest absolute Gasteiger partial charge is 0.423 e. The van der Waals surface area contributed by atoms with Gasteiger partial charge in [-0.25, -0.2) is 15.0 Å². The minimum absolute atomic E-state index is 0.382. The van der Waals surface area contributed by atoms with Crippen molar-refractivity contribution >= 4 is 44.1 Å². The molecule has 34 heavy (non-hydrogen) atoms. The van der Waals surface area contributed by atoms with Crippen molar-refractivity contribution in [1.82, 2.24) is 15.0 Å². The summed E-state index contributed by atoms with van der Waals surface area (Å²) in [6, 6.07) is 31.3. The lowest BCUT2D eigenvalue weighted by molar-refractivity contribution is 0.426. The second-order valence-corrected chi connectivity index (χ2v) is 9.00. The van der Waals surface area contributed by atoms with Gasteiger partial charge < -0.3 is 10.0 Å². The van der Waals surface area contributed by atoms with Crippen molar-refractivity contribution in [1.29, 1.82) is 0 Å². The van der Waals surface area contributed by atoms with Crippen molar-refractivity contribution in [2.75, 3.05) is 0 Å². The molecule has 0 aliphatic carbocycles. The van der Waals surface area contributed by atoms with E-state index in [0.29, 0.717) is 28.5 Å². The molecule has 4 aromatic carbocycles. The molecule has 7 heteroatoms. The molecular formula is C27H18BN3O2S. The van der Waals surface area contributed by atoms with Crippen LogP contribution >= 0.6 is 11.3 Å². The van der Waals surface area contributed by atoms with Gasteiger partial charge in [0, 0.05) is 36.9 Å². The number of rotatable bonds is 4.